The normalized spacial score (nSPS) is 14.3. The first-order chi connectivity index (χ1) is 18.9. The van der Waals surface area contributed by atoms with Crippen LogP contribution in [0.4, 0.5) is 0 Å². The van der Waals surface area contributed by atoms with E-state index in [1.54, 1.807) is 13.1 Å². The van der Waals surface area contributed by atoms with E-state index in [9.17, 15) is 4.79 Å². The number of hydrogen-bond donors (Lipinski definition) is 2. The zero-order valence-electron chi connectivity index (χ0n) is 22.1. The number of fused-ring (bicyclic) bond motifs is 1. The number of nitrogen functional groups attached to an aromatic ring is 1. The van der Waals surface area contributed by atoms with E-state index < -0.39 is 5.97 Å². The van der Waals surface area contributed by atoms with Crippen molar-refractivity contribution in [2.45, 2.75) is 31.6 Å². The van der Waals surface area contributed by atoms with Crippen molar-refractivity contribution < 1.29 is 14.4 Å². The highest BCUT2D eigenvalue weighted by Crippen LogP contribution is 2.51. The number of pyridine rings is 1. The summed E-state index contributed by atoms with van der Waals surface area (Å²) in [5.74, 6) is 0.544. The van der Waals surface area contributed by atoms with Crippen LogP contribution in [0.1, 0.15) is 48.0 Å². The number of aryl methyl sites for hydroxylation is 1. The van der Waals surface area contributed by atoms with Crippen LogP contribution in [-0.4, -0.2) is 45.3 Å². The first kappa shape index (κ1) is 26.1. The van der Waals surface area contributed by atoms with Crippen LogP contribution in [0.15, 0.2) is 72.0 Å². The number of carbonyl (C=O) groups excluding carboxylic acids is 1. The lowest BCUT2D eigenvalue weighted by Gasteiger charge is -2.18. The molecule has 5 rings (SSSR count). The average molecular weight is 524 g/mol. The number of aromatic nitrogens is 3. The minimum absolute atomic E-state index is 0.0583. The predicted molar refractivity (Wildman–Crippen MR) is 150 cm³/mol. The molecular formula is C30H31N6O3. The highest BCUT2D eigenvalue weighted by atomic mass is 16.7. The summed E-state index contributed by atoms with van der Waals surface area (Å²) < 4.78 is 7.07. The van der Waals surface area contributed by atoms with Gasteiger partial charge in [0.15, 0.2) is 0 Å². The van der Waals surface area contributed by atoms with Gasteiger partial charge in [-0.3, -0.25) is 10.4 Å². The molecule has 0 unspecified atom stereocenters. The van der Waals surface area contributed by atoms with E-state index in [4.69, 9.17) is 25.7 Å². The molecule has 1 saturated carbocycles. The van der Waals surface area contributed by atoms with Gasteiger partial charge in [0, 0.05) is 30.6 Å². The van der Waals surface area contributed by atoms with Gasteiger partial charge in [-0.1, -0.05) is 41.6 Å². The van der Waals surface area contributed by atoms with E-state index >= 15 is 0 Å². The summed E-state index contributed by atoms with van der Waals surface area (Å²) >= 11 is 0. The second-order valence-corrected chi connectivity index (χ2v) is 9.55. The molecule has 9 heteroatoms. The molecule has 4 aromatic rings. The number of amidine groups is 1. The van der Waals surface area contributed by atoms with Gasteiger partial charge in [0.2, 0.25) is 6.61 Å². The molecule has 2 aromatic heterocycles. The number of nitrogens with one attached hydrogen (secondary N) is 1. The zero-order chi connectivity index (χ0) is 27.4. The van der Waals surface area contributed by atoms with Gasteiger partial charge >= 0.3 is 5.97 Å². The van der Waals surface area contributed by atoms with E-state index in [0.717, 1.165) is 40.8 Å². The summed E-state index contributed by atoms with van der Waals surface area (Å²) in [7, 11) is 2.02. The van der Waals surface area contributed by atoms with E-state index in [1.807, 2.05) is 49.5 Å². The van der Waals surface area contributed by atoms with Gasteiger partial charge < -0.3 is 19.9 Å². The minimum Gasteiger partial charge on any atom is -0.463 e. The minimum atomic E-state index is -0.458. The molecule has 0 saturated heterocycles. The number of nitrogens with zero attached hydrogens (tertiary/aromatic N) is 4. The Bertz CT molecular complexity index is 1520. The first-order valence-corrected chi connectivity index (χ1v) is 12.9. The summed E-state index contributed by atoms with van der Waals surface area (Å²) in [4.78, 5) is 26.7. The van der Waals surface area contributed by atoms with Gasteiger partial charge in [-0.05, 0) is 61.6 Å². The van der Waals surface area contributed by atoms with Crippen molar-refractivity contribution in [3.63, 3.8) is 0 Å². The predicted octanol–water partition coefficient (Wildman–Crippen LogP) is 4.06. The van der Waals surface area contributed by atoms with Gasteiger partial charge in [0.05, 0.1) is 23.3 Å². The number of hydrogen-bond acceptors (Lipinski definition) is 7. The molecule has 2 aromatic carbocycles. The maximum Gasteiger partial charge on any atom is 0.347 e. The zero-order valence-corrected chi connectivity index (χ0v) is 22.1. The second-order valence-electron chi connectivity index (χ2n) is 9.55. The number of rotatable bonds is 11. The Morgan fingerprint density at radius 1 is 1.18 bits per heavy atom. The van der Waals surface area contributed by atoms with Gasteiger partial charge in [0.25, 0.3) is 0 Å². The largest absolute Gasteiger partial charge is 0.463 e. The number of benzene rings is 2. The number of esters is 1. The van der Waals surface area contributed by atoms with Crippen LogP contribution in [0.25, 0.3) is 11.0 Å². The molecule has 199 valence electrons. The Kier molecular flexibility index (Phi) is 7.40. The molecule has 1 aliphatic carbocycles. The Morgan fingerprint density at radius 2 is 1.97 bits per heavy atom. The Balaban J connectivity index is 1.40. The lowest BCUT2D eigenvalue weighted by Crippen LogP contribution is -2.24. The molecule has 0 aliphatic heterocycles. The van der Waals surface area contributed by atoms with Crippen molar-refractivity contribution in [2.75, 3.05) is 13.2 Å². The Hall–Kier alpha value is -4.53. The second kappa shape index (κ2) is 11.1. The maximum absolute atomic E-state index is 11.8. The fourth-order valence-electron chi connectivity index (χ4n) is 4.76. The average Bonchev–Trinajstić information content (AvgIpc) is 3.69. The van der Waals surface area contributed by atoms with E-state index in [-0.39, 0.29) is 17.9 Å². The molecule has 3 N–H and O–H groups in total. The summed E-state index contributed by atoms with van der Waals surface area (Å²) in [6, 6.07) is 19.6. The third-order valence-electron chi connectivity index (χ3n) is 7.02. The monoisotopic (exact) mass is 523 g/mol. The van der Waals surface area contributed by atoms with Gasteiger partial charge in [-0.2, -0.15) is 0 Å². The van der Waals surface area contributed by atoms with Crippen LogP contribution in [0.3, 0.4) is 0 Å². The summed E-state index contributed by atoms with van der Waals surface area (Å²) in [5.41, 5.74) is 11.4. The van der Waals surface area contributed by atoms with Gasteiger partial charge in [0.1, 0.15) is 17.4 Å². The third kappa shape index (κ3) is 5.52. The molecule has 2 heterocycles. The molecule has 9 nitrogen and oxygen atoms in total. The van der Waals surface area contributed by atoms with Crippen LogP contribution < -0.4 is 5.73 Å². The highest BCUT2D eigenvalue weighted by molar-refractivity contribution is 6.08. The maximum atomic E-state index is 11.8. The van der Waals surface area contributed by atoms with E-state index in [2.05, 4.69) is 39.3 Å². The fourth-order valence-corrected chi connectivity index (χ4v) is 4.76. The summed E-state index contributed by atoms with van der Waals surface area (Å²) in [6.45, 7) is 1.79. The van der Waals surface area contributed by atoms with Crippen molar-refractivity contribution in [1.29, 1.82) is 5.41 Å². The quantitative estimate of drug-likeness (QED) is 0.132. The Morgan fingerprint density at radius 3 is 2.64 bits per heavy atom. The van der Waals surface area contributed by atoms with Crippen LogP contribution in [-0.2, 0) is 33.3 Å². The summed E-state index contributed by atoms with van der Waals surface area (Å²) in [6.07, 6.45) is 6.28. The highest BCUT2D eigenvalue weighted by Gasteiger charge is 2.50. The van der Waals surface area contributed by atoms with Crippen LogP contribution in [0.5, 0.6) is 0 Å². The number of imidazole rings is 1. The van der Waals surface area contributed by atoms with Crippen molar-refractivity contribution >= 4 is 28.6 Å². The molecule has 1 aliphatic rings. The van der Waals surface area contributed by atoms with Crippen molar-refractivity contribution in [3.8, 4) is 0 Å². The van der Waals surface area contributed by atoms with Crippen LogP contribution in [0, 0.1) is 11.8 Å². The molecule has 0 bridgehead atoms. The standard InChI is InChI=1S/C30H31N6O3/c1-3-38-27(37)19-39-35-28(23-6-4-5-17-33-23)30(15-16-30)22-12-13-25-24(18-22)34-26(36(25)2)14-9-20-7-10-21(11-8-20)29(31)32/h4-13,17-18H,3,14-16,19H2,1-2H3,(H3,31,32)/b35-28+. The molecule has 0 atom stereocenters. The molecule has 0 amide bonds. The third-order valence-corrected chi connectivity index (χ3v) is 7.02. The van der Waals surface area contributed by atoms with E-state index in [1.165, 1.54) is 0 Å². The smallest absolute Gasteiger partial charge is 0.347 e. The molecule has 1 radical (unpaired) electrons. The number of oxime groups is 1. The molecule has 1 fully saturated rings. The van der Waals surface area contributed by atoms with Crippen molar-refractivity contribution in [3.05, 3.63) is 101 Å². The topological polar surface area (TPSA) is 128 Å². The summed E-state index contributed by atoms with van der Waals surface area (Å²) in [5, 5.41) is 12.0. The first-order valence-electron chi connectivity index (χ1n) is 12.9. The number of nitrogens with two attached hydrogens (primary N) is 1. The van der Waals surface area contributed by atoms with Crippen molar-refractivity contribution in [1.82, 2.24) is 14.5 Å². The van der Waals surface area contributed by atoms with Gasteiger partial charge in [-0.15, -0.1) is 0 Å². The molecule has 39 heavy (non-hydrogen) atoms. The van der Waals surface area contributed by atoms with E-state index in [0.29, 0.717) is 30.0 Å². The van der Waals surface area contributed by atoms with Gasteiger partial charge in [-0.25, -0.2) is 9.78 Å². The Labute approximate surface area is 227 Å². The van der Waals surface area contributed by atoms with Crippen molar-refractivity contribution in [2.24, 2.45) is 17.9 Å². The molecular weight excluding hydrogens is 492 g/mol. The number of carbonyl (C=O) groups is 1. The number of ether oxygens (including phenoxy) is 1. The molecule has 0 spiro atoms. The van der Waals surface area contributed by atoms with Crippen LogP contribution >= 0.6 is 0 Å². The lowest BCUT2D eigenvalue weighted by atomic mass is 9.88. The lowest BCUT2D eigenvalue weighted by molar-refractivity contribution is -0.148. The SMILES string of the molecule is CCOC(=O)CO/N=C(\c1ccccn1)C1(c2ccc3c(c2)nc(C[CH]c2ccc(C(=N)N)cc2)n3C)CC1. The van der Waals surface area contributed by atoms with Crippen LogP contribution in [0.2, 0.25) is 0 Å². The fraction of sp³-hybridized carbons (Fsp3) is 0.267.